The number of rotatable bonds is 3. The number of carboxylic acids is 1. The van der Waals surface area contributed by atoms with Crippen LogP contribution in [0.5, 0.6) is 0 Å². The van der Waals surface area contributed by atoms with Crippen LogP contribution in [0.25, 0.3) is 0 Å². The van der Waals surface area contributed by atoms with Gasteiger partial charge >= 0.3 is 12.0 Å². The molecule has 0 saturated carbocycles. The zero-order valence-electron chi connectivity index (χ0n) is 11.9. The number of nitrogens with one attached hydrogen (secondary N) is 2. The van der Waals surface area contributed by atoms with Gasteiger partial charge in [0.05, 0.1) is 6.54 Å². The minimum atomic E-state index is -0.926. The molecule has 0 aromatic heterocycles. The minimum absolute atomic E-state index is 0. The molecule has 1 saturated heterocycles. The number of nitrogens with zero attached hydrogens (tertiary/aromatic N) is 1. The van der Waals surface area contributed by atoms with Crippen molar-refractivity contribution in [3.63, 3.8) is 0 Å². The molecule has 8 heteroatoms. The third kappa shape index (κ3) is 6.21. The van der Waals surface area contributed by atoms with Gasteiger partial charge in [-0.2, -0.15) is 0 Å². The number of likely N-dealkylation sites (tertiary alicyclic amines) is 1. The van der Waals surface area contributed by atoms with Gasteiger partial charge in [0, 0.05) is 5.54 Å². The van der Waals surface area contributed by atoms with Crippen LogP contribution in [0, 0.1) is 0 Å². The highest BCUT2D eigenvalue weighted by Gasteiger charge is 2.31. The smallest absolute Gasteiger partial charge is 0.321 e. The third-order valence-corrected chi connectivity index (χ3v) is 2.74. The first kappa shape index (κ1) is 18.7. The summed E-state index contributed by atoms with van der Waals surface area (Å²) in [6.45, 7) is 5.90. The highest BCUT2D eigenvalue weighted by molar-refractivity contribution is 5.95. The van der Waals surface area contributed by atoms with E-state index in [1.54, 1.807) is 25.7 Å². The van der Waals surface area contributed by atoms with Crippen molar-refractivity contribution in [2.75, 3.05) is 13.1 Å². The van der Waals surface area contributed by atoms with Crippen LogP contribution in [0.1, 0.15) is 33.6 Å². The molecule has 1 fully saturated rings. The van der Waals surface area contributed by atoms with E-state index in [2.05, 4.69) is 10.6 Å². The highest BCUT2D eigenvalue weighted by atomic mass is 35.5. The van der Waals surface area contributed by atoms with Gasteiger partial charge in [-0.15, -0.1) is 12.4 Å². The molecule has 1 atom stereocenters. The standard InChI is InChI=1S/C12H21N3O4.ClH/c1-12(2,3)14-11(19)13-9(16)7-15-6-4-5-8(15)10(17)18;/h8H,4-7H2,1-3H3,(H,17,18)(H2,13,14,16,19);1H. The fourth-order valence-corrected chi connectivity index (χ4v) is 2.02. The molecule has 0 spiro atoms. The van der Waals surface area contributed by atoms with Crippen molar-refractivity contribution in [1.82, 2.24) is 15.5 Å². The Bertz CT molecular complexity index is 381. The zero-order valence-corrected chi connectivity index (χ0v) is 12.7. The Balaban J connectivity index is 0.00000361. The van der Waals surface area contributed by atoms with Crippen molar-refractivity contribution < 1.29 is 19.5 Å². The van der Waals surface area contributed by atoms with Gasteiger partial charge in [0.15, 0.2) is 0 Å². The van der Waals surface area contributed by atoms with Gasteiger partial charge in [0.2, 0.25) is 5.91 Å². The van der Waals surface area contributed by atoms with Crippen molar-refractivity contribution in [2.45, 2.75) is 45.2 Å². The van der Waals surface area contributed by atoms with E-state index in [0.717, 1.165) is 6.42 Å². The summed E-state index contributed by atoms with van der Waals surface area (Å²) < 4.78 is 0. The lowest BCUT2D eigenvalue weighted by molar-refractivity contribution is -0.142. The molecule has 0 aromatic rings. The van der Waals surface area contributed by atoms with Crippen LogP contribution in [-0.2, 0) is 9.59 Å². The molecule has 3 N–H and O–H groups in total. The molecule has 1 unspecified atom stereocenters. The van der Waals surface area contributed by atoms with Gasteiger partial charge in [-0.3, -0.25) is 19.8 Å². The van der Waals surface area contributed by atoms with Gasteiger partial charge in [-0.1, -0.05) is 0 Å². The number of carbonyl (C=O) groups is 3. The molecule has 1 heterocycles. The summed E-state index contributed by atoms with van der Waals surface area (Å²) in [7, 11) is 0. The SMILES string of the molecule is CC(C)(C)NC(=O)NC(=O)CN1CCCC1C(=O)O.Cl. The van der Waals surface area contributed by atoms with Crippen LogP contribution in [0.4, 0.5) is 4.79 Å². The summed E-state index contributed by atoms with van der Waals surface area (Å²) in [6.07, 6.45) is 1.29. The first-order valence-electron chi connectivity index (χ1n) is 6.28. The third-order valence-electron chi connectivity index (χ3n) is 2.74. The van der Waals surface area contributed by atoms with E-state index in [-0.39, 0.29) is 19.0 Å². The van der Waals surface area contributed by atoms with Gasteiger partial charge < -0.3 is 10.4 Å². The second-order valence-electron chi connectivity index (χ2n) is 5.72. The number of urea groups is 1. The molecule has 0 aromatic carbocycles. The zero-order chi connectivity index (χ0) is 14.6. The Morgan fingerprint density at radius 2 is 1.90 bits per heavy atom. The highest BCUT2D eigenvalue weighted by Crippen LogP contribution is 2.16. The van der Waals surface area contributed by atoms with Crippen LogP contribution in [0.15, 0.2) is 0 Å². The van der Waals surface area contributed by atoms with Gasteiger partial charge in [-0.25, -0.2) is 4.79 Å². The quantitative estimate of drug-likeness (QED) is 0.708. The van der Waals surface area contributed by atoms with Gasteiger partial charge in [-0.05, 0) is 40.2 Å². The largest absolute Gasteiger partial charge is 0.480 e. The predicted molar refractivity (Wildman–Crippen MR) is 75.9 cm³/mol. The number of carboxylic acid groups (broad SMARTS) is 1. The van der Waals surface area contributed by atoms with Crippen LogP contribution in [0.3, 0.4) is 0 Å². The fraction of sp³-hybridized carbons (Fsp3) is 0.750. The monoisotopic (exact) mass is 307 g/mol. The number of carbonyl (C=O) groups excluding carboxylic acids is 2. The topological polar surface area (TPSA) is 98.7 Å². The van der Waals surface area contributed by atoms with E-state index in [9.17, 15) is 14.4 Å². The molecule has 0 bridgehead atoms. The average molecular weight is 308 g/mol. The van der Waals surface area contributed by atoms with Crippen LogP contribution in [0.2, 0.25) is 0 Å². The molecule has 1 aliphatic rings. The maximum atomic E-state index is 11.7. The van der Waals surface area contributed by atoms with E-state index in [0.29, 0.717) is 13.0 Å². The molecule has 7 nitrogen and oxygen atoms in total. The summed E-state index contributed by atoms with van der Waals surface area (Å²) in [5, 5.41) is 13.8. The van der Waals surface area contributed by atoms with Gasteiger partial charge in [0.25, 0.3) is 0 Å². The molecular formula is C12H22ClN3O4. The van der Waals surface area contributed by atoms with Crippen molar-refractivity contribution in [3.05, 3.63) is 0 Å². The molecule has 1 aliphatic heterocycles. The maximum absolute atomic E-state index is 11.7. The summed E-state index contributed by atoms with van der Waals surface area (Å²) in [4.78, 5) is 35.7. The second kappa shape index (κ2) is 7.44. The van der Waals surface area contributed by atoms with Gasteiger partial charge in [0.1, 0.15) is 6.04 Å². The van der Waals surface area contributed by atoms with Crippen LogP contribution >= 0.6 is 12.4 Å². The number of amides is 3. The predicted octanol–water partition coefficient (Wildman–Crippen LogP) is 0.582. The molecular weight excluding hydrogens is 286 g/mol. The van der Waals surface area contributed by atoms with E-state index in [4.69, 9.17) is 5.11 Å². The first-order chi connectivity index (χ1) is 8.69. The number of hydrogen-bond donors (Lipinski definition) is 3. The van der Waals surface area contributed by atoms with Crippen molar-refractivity contribution >= 4 is 30.3 Å². The molecule has 116 valence electrons. The lowest BCUT2D eigenvalue weighted by atomic mass is 10.1. The Labute approximate surface area is 124 Å². The Morgan fingerprint density at radius 3 is 2.40 bits per heavy atom. The Kier molecular flexibility index (Phi) is 6.95. The summed E-state index contributed by atoms with van der Waals surface area (Å²) in [5.74, 6) is -1.42. The number of imide groups is 1. The molecule has 0 aliphatic carbocycles. The van der Waals surface area contributed by atoms with Crippen molar-refractivity contribution in [1.29, 1.82) is 0 Å². The van der Waals surface area contributed by atoms with E-state index in [1.165, 1.54) is 0 Å². The van der Waals surface area contributed by atoms with Crippen LogP contribution in [-0.4, -0.2) is 52.6 Å². The molecule has 1 rings (SSSR count). The summed E-state index contributed by atoms with van der Waals surface area (Å²) >= 11 is 0. The number of halogens is 1. The molecule has 3 amide bonds. The lowest BCUT2D eigenvalue weighted by Gasteiger charge is -2.22. The van der Waals surface area contributed by atoms with Crippen molar-refractivity contribution in [2.24, 2.45) is 0 Å². The second-order valence-corrected chi connectivity index (χ2v) is 5.72. The first-order valence-corrected chi connectivity index (χ1v) is 6.28. The summed E-state index contributed by atoms with van der Waals surface area (Å²) in [6, 6.07) is -1.19. The molecule has 20 heavy (non-hydrogen) atoms. The number of hydrogen-bond acceptors (Lipinski definition) is 4. The van der Waals surface area contributed by atoms with Crippen molar-refractivity contribution in [3.8, 4) is 0 Å². The molecule has 0 radical (unpaired) electrons. The van der Waals surface area contributed by atoms with Crippen LogP contribution < -0.4 is 10.6 Å². The van der Waals surface area contributed by atoms with E-state index in [1.807, 2.05) is 0 Å². The van der Waals surface area contributed by atoms with E-state index >= 15 is 0 Å². The average Bonchev–Trinajstić information content (AvgIpc) is 2.61. The Hall–Kier alpha value is -1.34. The van der Waals surface area contributed by atoms with E-state index < -0.39 is 29.5 Å². The number of aliphatic carboxylic acids is 1. The maximum Gasteiger partial charge on any atom is 0.321 e. The summed E-state index contributed by atoms with van der Waals surface area (Å²) in [5.41, 5.74) is -0.429. The normalized spacial score (nSPS) is 19.1. The Morgan fingerprint density at radius 1 is 1.30 bits per heavy atom. The fourth-order valence-electron chi connectivity index (χ4n) is 2.02. The minimum Gasteiger partial charge on any atom is -0.480 e. The lowest BCUT2D eigenvalue weighted by Crippen LogP contribution is -2.51.